The highest BCUT2D eigenvalue weighted by Gasteiger charge is 2.65. The molecule has 194 valence electrons. The van der Waals surface area contributed by atoms with Crippen molar-refractivity contribution in [3.8, 4) is 0 Å². The maximum Gasteiger partial charge on any atom is 0.334 e. The lowest BCUT2D eigenvalue weighted by Gasteiger charge is -2.44. The minimum Gasteiger partial charge on any atom is -0.465 e. The maximum absolute atomic E-state index is 13.9. The van der Waals surface area contributed by atoms with Gasteiger partial charge in [0.2, 0.25) is 0 Å². The zero-order valence-electron chi connectivity index (χ0n) is 21.9. The molecule has 1 saturated heterocycles. The number of carbonyl (C=O) groups is 3. The summed E-state index contributed by atoms with van der Waals surface area (Å²) in [5, 5.41) is 0. The van der Waals surface area contributed by atoms with Gasteiger partial charge in [0.25, 0.3) is 0 Å². The lowest BCUT2D eigenvalue weighted by Crippen LogP contribution is -2.67. The highest BCUT2D eigenvalue weighted by Crippen LogP contribution is 2.49. The summed E-state index contributed by atoms with van der Waals surface area (Å²) in [6, 6.07) is 8.21. The van der Waals surface area contributed by atoms with E-state index in [-0.39, 0.29) is 24.3 Å². The summed E-state index contributed by atoms with van der Waals surface area (Å²) in [6.07, 6.45) is 5.14. The number of Topliss-reactive ketones (excluding diaryl/α,β-unsaturated/α-hetero) is 1. The van der Waals surface area contributed by atoms with E-state index in [1.807, 2.05) is 35.2 Å². The zero-order valence-corrected chi connectivity index (χ0v) is 21.9. The van der Waals surface area contributed by atoms with Gasteiger partial charge in [-0.2, -0.15) is 0 Å². The van der Waals surface area contributed by atoms with E-state index in [1.165, 1.54) is 0 Å². The van der Waals surface area contributed by atoms with Crippen LogP contribution in [0.15, 0.2) is 30.3 Å². The normalized spacial score (nSPS) is 26.5. The molecule has 1 aliphatic carbocycles. The average Bonchev–Trinajstić information content (AvgIpc) is 3.14. The average molecular weight is 487 g/mol. The molecule has 0 aromatic heterocycles. The Morgan fingerprint density at radius 2 is 1.80 bits per heavy atom. The molecule has 5 atom stereocenters. The second-order valence-corrected chi connectivity index (χ2v) is 11.0. The fourth-order valence-electron chi connectivity index (χ4n) is 5.87. The van der Waals surface area contributed by atoms with Crippen LogP contribution in [-0.4, -0.2) is 58.5 Å². The molecule has 1 unspecified atom stereocenters. The number of esters is 2. The molecule has 1 saturated carbocycles. The standard InChI is InChI=1S/C28H42N2O5/c1-6-34-25(32)23(17-16-20-12-8-7-9-13-20)30-22-15-11-10-14-21(22)18-28(30,24(31)19(2)29)26(33)35-27(3,4)5/h7-9,12-13,19,21-23H,6,10-11,14-18,29H2,1-5H3/t19?,21-,22-,23+,28+/m1/s1. The number of hydrogen-bond donors (Lipinski definition) is 1. The number of fused-ring (bicyclic) bond motifs is 1. The summed E-state index contributed by atoms with van der Waals surface area (Å²) < 4.78 is 11.4. The summed E-state index contributed by atoms with van der Waals surface area (Å²) in [6.45, 7) is 8.98. The summed E-state index contributed by atoms with van der Waals surface area (Å²) in [5.74, 6) is -1.27. The summed E-state index contributed by atoms with van der Waals surface area (Å²) in [4.78, 5) is 43.2. The third-order valence-electron chi connectivity index (χ3n) is 7.23. The summed E-state index contributed by atoms with van der Waals surface area (Å²) in [5.41, 5.74) is 4.85. The molecule has 2 N–H and O–H groups in total. The minimum atomic E-state index is -1.60. The Hall–Kier alpha value is -2.25. The first-order chi connectivity index (χ1) is 16.5. The Bertz CT molecular complexity index is 894. The Kier molecular flexibility index (Phi) is 8.76. The largest absolute Gasteiger partial charge is 0.465 e. The molecular formula is C28H42N2O5. The predicted octanol–water partition coefficient (Wildman–Crippen LogP) is 3.81. The lowest BCUT2D eigenvalue weighted by molar-refractivity contribution is -0.177. The van der Waals surface area contributed by atoms with Crippen LogP contribution < -0.4 is 5.73 Å². The van der Waals surface area contributed by atoms with E-state index in [0.717, 1.165) is 31.2 Å². The van der Waals surface area contributed by atoms with Gasteiger partial charge in [-0.25, -0.2) is 4.79 Å². The van der Waals surface area contributed by atoms with Crippen molar-refractivity contribution in [1.29, 1.82) is 0 Å². The predicted molar refractivity (Wildman–Crippen MR) is 135 cm³/mol. The van der Waals surface area contributed by atoms with Crippen molar-refractivity contribution >= 4 is 17.7 Å². The molecule has 2 fully saturated rings. The van der Waals surface area contributed by atoms with Crippen LogP contribution in [0.25, 0.3) is 0 Å². The Morgan fingerprint density at radius 3 is 2.40 bits per heavy atom. The van der Waals surface area contributed by atoms with Crippen molar-refractivity contribution < 1.29 is 23.9 Å². The van der Waals surface area contributed by atoms with Gasteiger partial charge in [-0.15, -0.1) is 0 Å². The summed E-state index contributed by atoms with van der Waals surface area (Å²) >= 11 is 0. The first-order valence-electron chi connectivity index (χ1n) is 13.0. The van der Waals surface area contributed by atoms with Crippen molar-refractivity contribution in [2.75, 3.05) is 6.61 Å². The molecule has 7 heteroatoms. The van der Waals surface area contributed by atoms with Gasteiger partial charge in [0.05, 0.1) is 12.6 Å². The monoisotopic (exact) mass is 486 g/mol. The molecule has 3 rings (SSSR count). The number of ether oxygens (including phenoxy) is 2. The fourth-order valence-corrected chi connectivity index (χ4v) is 5.87. The van der Waals surface area contributed by atoms with Gasteiger partial charge in [0.1, 0.15) is 11.6 Å². The van der Waals surface area contributed by atoms with Gasteiger partial charge in [0, 0.05) is 6.04 Å². The van der Waals surface area contributed by atoms with Crippen molar-refractivity contribution in [3.05, 3.63) is 35.9 Å². The van der Waals surface area contributed by atoms with Crippen LogP contribution in [0.5, 0.6) is 0 Å². The Balaban J connectivity index is 2.12. The Labute approximate surface area is 209 Å². The van der Waals surface area contributed by atoms with Crippen molar-refractivity contribution in [1.82, 2.24) is 4.90 Å². The molecular weight excluding hydrogens is 444 g/mol. The van der Waals surface area contributed by atoms with Gasteiger partial charge in [-0.1, -0.05) is 43.2 Å². The highest BCUT2D eigenvalue weighted by molar-refractivity contribution is 6.11. The quantitative estimate of drug-likeness (QED) is 0.418. The smallest absolute Gasteiger partial charge is 0.334 e. The van der Waals surface area contributed by atoms with Gasteiger partial charge >= 0.3 is 11.9 Å². The van der Waals surface area contributed by atoms with Crippen LogP contribution in [0.2, 0.25) is 0 Å². The molecule has 0 bridgehead atoms. The molecule has 35 heavy (non-hydrogen) atoms. The lowest BCUT2D eigenvalue weighted by atomic mass is 9.80. The first-order valence-corrected chi connectivity index (χ1v) is 13.0. The third kappa shape index (κ3) is 5.95. The number of carbonyl (C=O) groups excluding carboxylic acids is 3. The van der Waals surface area contributed by atoms with Crippen LogP contribution in [0, 0.1) is 5.92 Å². The zero-order chi connectivity index (χ0) is 25.8. The van der Waals surface area contributed by atoms with Gasteiger partial charge in [-0.3, -0.25) is 14.5 Å². The number of nitrogens with two attached hydrogens (primary N) is 1. The van der Waals surface area contributed by atoms with E-state index in [2.05, 4.69) is 0 Å². The van der Waals surface area contributed by atoms with Crippen molar-refractivity contribution in [3.63, 3.8) is 0 Å². The van der Waals surface area contributed by atoms with Gasteiger partial charge in [0.15, 0.2) is 11.3 Å². The molecule has 0 radical (unpaired) electrons. The van der Waals surface area contributed by atoms with E-state index >= 15 is 0 Å². The van der Waals surface area contributed by atoms with Crippen LogP contribution in [0.3, 0.4) is 0 Å². The van der Waals surface area contributed by atoms with E-state index in [9.17, 15) is 14.4 Å². The van der Waals surface area contributed by atoms with E-state index < -0.39 is 35.2 Å². The molecule has 0 spiro atoms. The van der Waals surface area contributed by atoms with Gasteiger partial charge < -0.3 is 15.2 Å². The number of rotatable bonds is 9. The number of hydrogen-bond acceptors (Lipinski definition) is 7. The van der Waals surface area contributed by atoms with Gasteiger partial charge in [-0.05, 0) is 78.2 Å². The minimum absolute atomic E-state index is 0.0795. The first kappa shape index (κ1) is 27.3. The van der Waals surface area contributed by atoms with Crippen LogP contribution >= 0.6 is 0 Å². The van der Waals surface area contributed by atoms with Crippen LogP contribution in [-0.2, 0) is 30.3 Å². The summed E-state index contributed by atoms with van der Waals surface area (Å²) in [7, 11) is 0. The molecule has 1 aliphatic heterocycles. The van der Waals surface area contributed by atoms with E-state index in [0.29, 0.717) is 19.3 Å². The van der Waals surface area contributed by atoms with Crippen LogP contribution in [0.4, 0.5) is 0 Å². The molecule has 1 aromatic rings. The van der Waals surface area contributed by atoms with E-state index in [1.54, 1.807) is 34.6 Å². The Morgan fingerprint density at radius 1 is 1.14 bits per heavy atom. The molecule has 2 aliphatic rings. The fraction of sp³-hybridized carbons (Fsp3) is 0.679. The molecule has 7 nitrogen and oxygen atoms in total. The van der Waals surface area contributed by atoms with Crippen LogP contribution in [0.1, 0.15) is 78.7 Å². The SMILES string of the molecule is CCOC(=O)[C@H](CCc1ccccc1)N1[C@@H]2CCCC[C@@H]2C[C@@]1(C(=O)OC(C)(C)C)C(=O)C(C)N. The molecule has 1 heterocycles. The molecule has 0 amide bonds. The second-order valence-electron chi connectivity index (χ2n) is 11.0. The van der Waals surface area contributed by atoms with Crippen molar-refractivity contribution in [2.24, 2.45) is 11.7 Å². The second kappa shape index (κ2) is 11.2. The number of ketones is 1. The number of benzene rings is 1. The third-order valence-corrected chi connectivity index (χ3v) is 7.23. The molecule has 1 aromatic carbocycles. The van der Waals surface area contributed by atoms with E-state index in [4.69, 9.17) is 15.2 Å². The number of likely N-dealkylation sites (tertiary alicyclic amines) is 1. The topological polar surface area (TPSA) is 98.9 Å². The highest BCUT2D eigenvalue weighted by atomic mass is 16.6. The maximum atomic E-state index is 13.9. The van der Waals surface area contributed by atoms with Crippen molar-refractivity contribution in [2.45, 2.75) is 109 Å². The number of aryl methyl sites for hydroxylation is 1. The number of nitrogens with zero attached hydrogens (tertiary/aromatic N) is 1.